The average Bonchev–Trinajstić information content (AvgIpc) is 2.77. The lowest BCUT2D eigenvalue weighted by Gasteiger charge is -2.23. The van der Waals surface area contributed by atoms with Gasteiger partial charge in [-0.15, -0.1) is 0 Å². The fourth-order valence-electron chi connectivity index (χ4n) is 2.53. The zero-order valence-electron chi connectivity index (χ0n) is 11.4. The Morgan fingerprint density at radius 3 is 2.95 bits per heavy atom. The number of amides is 1. The van der Waals surface area contributed by atoms with Gasteiger partial charge in [-0.25, -0.2) is 9.67 Å². The number of nitrogens with two attached hydrogens (primary N) is 1. The van der Waals surface area contributed by atoms with Gasteiger partial charge in [-0.05, 0) is 38.1 Å². The first-order valence-corrected chi connectivity index (χ1v) is 6.76. The third kappa shape index (κ3) is 2.32. The molecule has 2 aromatic heterocycles. The molecule has 1 fully saturated rings. The molecule has 0 saturated carbocycles. The number of carbonyl (C=O) groups is 1. The maximum absolute atomic E-state index is 12.4. The Labute approximate surface area is 116 Å². The number of hydrogen-bond acceptors (Lipinski definition) is 5. The van der Waals surface area contributed by atoms with Crippen LogP contribution in [0.15, 0.2) is 12.1 Å². The van der Waals surface area contributed by atoms with Gasteiger partial charge in [0.05, 0.1) is 5.39 Å². The molecule has 20 heavy (non-hydrogen) atoms. The number of nitrogens with zero attached hydrogens (tertiary/aromatic N) is 3. The smallest absolute Gasteiger partial charge is 0.272 e. The Morgan fingerprint density at radius 1 is 1.45 bits per heavy atom. The summed E-state index contributed by atoms with van der Waals surface area (Å²) in [7, 11) is 1.76. The van der Waals surface area contributed by atoms with Gasteiger partial charge in [0.1, 0.15) is 5.82 Å². The number of aryl methyl sites for hydroxylation is 1. The number of nitrogen functional groups attached to an aromatic ring is 1. The second-order valence-corrected chi connectivity index (χ2v) is 5.08. The van der Waals surface area contributed by atoms with Gasteiger partial charge in [-0.1, -0.05) is 0 Å². The summed E-state index contributed by atoms with van der Waals surface area (Å²) in [6.45, 7) is 1.87. The number of piperidine rings is 1. The minimum atomic E-state index is -0.144. The molecule has 7 nitrogen and oxygen atoms in total. The van der Waals surface area contributed by atoms with Crippen molar-refractivity contribution in [3.63, 3.8) is 0 Å². The summed E-state index contributed by atoms with van der Waals surface area (Å²) in [6.07, 6.45) is 1.89. The highest BCUT2D eigenvalue weighted by atomic mass is 16.2. The van der Waals surface area contributed by atoms with Crippen LogP contribution in [0.1, 0.15) is 23.3 Å². The van der Waals surface area contributed by atoms with Crippen LogP contribution < -0.4 is 16.4 Å². The van der Waals surface area contributed by atoms with E-state index in [1.807, 2.05) is 0 Å². The van der Waals surface area contributed by atoms with Crippen molar-refractivity contribution >= 4 is 22.8 Å². The van der Waals surface area contributed by atoms with Crippen molar-refractivity contribution in [1.82, 2.24) is 25.4 Å². The van der Waals surface area contributed by atoms with Crippen LogP contribution in [-0.2, 0) is 7.05 Å². The highest BCUT2D eigenvalue weighted by Gasteiger charge is 2.21. The minimum Gasteiger partial charge on any atom is -0.384 e. The van der Waals surface area contributed by atoms with Crippen LogP contribution in [-0.4, -0.2) is 39.8 Å². The Kier molecular flexibility index (Phi) is 3.27. The van der Waals surface area contributed by atoms with E-state index in [-0.39, 0.29) is 11.9 Å². The number of hydrogen-bond donors (Lipinski definition) is 3. The topological polar surface area (TPSA) is 97.9 Å². The van der Waals surface area contributed by atoms with Crippen LogP contribution in [0.3, 0.4) is 0 Å². The zero-order valence-corrected chi connectivity index (χ0v) is 11.4. The molecule has 0 atom stereocenters. The molecule has 1 aliphatic rings. The number of nitrogens with one attached hydrogen (secondary N) is 2. The number of fused-ring (bicyclic) bond motifs is 1. The second kappa shape index (κ2) is 5.09. The summed E-state index contributed by atoms with van der Waals surface area (Å²) in [4.78, 5) is 16.6. The quantitative estimate of drug-likeness (QED) is 0.718. The molecule has 1 aliphatic heterocycles. The second-order valence-electron chi connectivity index (χ2n) is 5.08. The summed E-state index contributed by atoms with van der Waals surface area (Å²) < 4.78 is 1.59. The minimum absolute atomic E-state index is 0.144. The largest absolute Gasteiger partial charge is 0.384 e. The van der Waals surface area contributed by atoms with E-state index in [9.17, 15) is 4.79 Å². The third-order valence-corrected chi connectivity index (χ3v) is 3.60. The molecule has 0 radical (unpaired) electrons. The first kappa shape index (κ1) is 12.9. The van der Waals surface area contributed by atoms with Crippen molar-refractivity contribution in [3.8, 4) is 0 Å². The number of aromatic nitrogens is 3. The Balaban J connectivity index is 1.87. The van der Waals surface area contributed by atoms with Gasteiger partial charge in [-0.3, -0.25) is 4.79 Å². The molecule has 1 amide bonds. The van der Waals surface area contributed by atoms with Crippen molar-refractivity contribution in [2.45, 2.75) is 18.9 Å². The van der Waals surface area contributed by atoms with Crippen LogP contribution in [0.4, 0.5) is 5.82 Å². The predicted molar refractivity (Wildman–Crippen MR) is 76.3 cm³/mol. The van der Waals surface area contributed by atoms with Crippen molar-refractivity contribution in [3.05, 3.63) is 17.8 Å². The standard InChI is InChI=1S/C13H18N6O/c1-19-12-9(2-3-10(14)17-12)11(18-19)13(20)16-8-4-6-15-7-5-8/h2-3,8,15H,4-7H2,1H3,(H2,14,17)(H,16,20). The highest BCUT2D eigenvalue weighted by molar-refractivity contribution is 6.04. The molecule has 3 heterocycles. The van der Waals surface area contributed by atoms with Gasteiger partial charge < -0.3 is 16.4 Å². The summed E-state index contributed by atoms with van der Waals surface area (Å²) in [5, 5.41) is 11.3. The van der Waals surface area contributed by atoms with Crippen LogP contribution in [0, 0.1) is 0 Å². The Bertz CT molecular complexity index is 644. The normalized spacial score (nSPS) is 16.4. The van der Waals surface area contributed by atoms with Crippen LogP contribution in [0.2, 0.25) is 0 Å². The fraction of sp³-hybridized carbons (Fsp3) is 0.462. The number of anilines is 1. The van der Waals surface area contributed by atoms with Gasteiger partial charge in [0.15, 0.2) is 11.3 Å². The first-order valence-electron chi connectivity index (χ1n) is 6.76. The summed E-state index contributed by atoms with van der Waals surface area (Å²) in [6, 6.07) is 3.69. The van der Waals surface area contributed by atoms with Gasteiger partial charge in [0.2, 0.25) is 0 Å². The van der Waals surface area contributed by atoms with E-state index >= 15 is 0 Å². The SMILES string of the molecule is Cn1nc(C(=O)NC2CCNCC2)c2ccc(N)nc21. The van der Waals surface area contributed by atoms with Gasteiger partial charge in [-0.2, -0.15) is 5.10 Å². The van der Waals surface area contributed by atoms with Crippen LogP contribution in [0.25, 0.3) is 11.0 Å². The summed E-state index contributed by atoms with van der Waals surface area (Å²) >= 11 is 0. The third-order valence-electron chi connectivity index (χ3n) is 3.60. The predicted octanol–water partition coefficient (Wildman–Crippen LogP) is 0.0323. The fourth-order valence-corrected chi connectivity index (χ4v) is 2.53. The maximum Gasteiger partial charge on any atom is 0.272 e. The molecule has 0 unspecified atom stereocenters. The van der Waals surface area contributed by atoms with Gasteiger partial charge in [0, 0.05) is 13.1 Å². The molecular weight excluding hydrogens is 256 g/mol. The van der Waals surface area contributed by atoms with Crippen LogP contribution >= 0.6 is 0 Å². The zero-order chi connectivity index (χ0) is 14.1. The number of carbonyl (C=O) groups excluding carboxylic acids is 1. The van der Waals surface area contributed by atoms with E-state index in [1.165, 1.54) is 0 Å². The van der Waals surface area contributed by atoms with Crippen LogP contribution in [0.5, 0.6) is 0 Å². The molecule has 106 valence electrons. The van der Waals surface area contributed by atoms with E-state index in [1.54, 1.807) is 23.9 Å². The van der Waals surface area contributed by atoms with E-state index in [0.717, 1.165) is 31.3 Å². The lowest BCUT2D eigenvalue weighted by atomic mass is 10.1. The number of pyridine rings is 1. The van der Waals surface area contributed by atoms with E-state index < -0.39 is 0 Å². The Hall–Kier alpha value is -2.15. The molecule has 3 rings (SSSR count). The first-order chi connectivity index (χ1) is 9.65. The van der Waals surface area contributed by atoms with Gasteiger partial charge in [0.25, 0.3) is 5.91 Å². The van der Waals surface area contributed by atoms with Gasteiger partial charge >= 0.3 is 0 Å². The summed E-state index contributed by atoms with van der Waals surface area (Å²) in [5.41, 5.74) is 6.70. The van der Waals surface area contributed by atoms with E-state index in [2.05, 4.69) is 20.7 Å². The Morgan fingerprint density at radius 2 is 2.20 bits per heavy atom. The monoisotopic (exact) mass is 274 g/mol. The van der Waals surface area contributed by atoms with Crippen molar-refractivity contribution < 1.29 is 4.79 Å². The maximum atomic E-state index is 12.4. The average molecular weight is 274 g/mol. The highest BCUT2D eigenvalue weighted by Crippen LogP contribution is 2.18. The number of rotatable bonds is 2. The van der Waals surface area contributed by atoms with Crippen molar-refractivity contribution in [2.75, 3.05) is 18.8 Å². The molecule has 1 saturated heterocycles. The molecular formula is C13H18N6O. The van der Waals surface area contributed by atoms with Crippen molar-refractivity contribution in [1.29, 1.82) is 0 Å². The lowest BCUT2D eigenvalue weighted by molar-refractivity contribution is 0.0925. The summed E-state index contributed by atoms with van der Waals surface area (Å²) in [5.74, 6) is 0.278. The van der Waals surface area contributed by atoms with E-state index in [4.69, 9.17) is 5.73 Å². The lowest BCUT2D eigenvalue weighted by Crippen LogP contribution is -2.42. The molecule has 0 aliphatic carbocycles. The molecule has 0 spiro atoms. The molecule has 2 aromatic rings. The van der Waals surface area contributed by atoms with Crippen molar-refractivity contribution in [2.24, 2.45) is 7.05 Å². The molecule has 0 aromatic carbocycles. The molecule has 0 bridgehead atoms. The molecule has 7 heteroatoms. The van der Waals surface area contributed by atoms with E-state index in [0.29, 0.717) is 17.2 Å². The molecule has 4 N–H and O–H groups in total.